The molecule has 2 aromatic rings. The first-order valence-electron chi connectivity index (χ1n) is 9.90. The zero-order valence-corrected chi connectivity index (χ0v) is 18.9. The summed E-state index contributed by atoms with van der Waals surface area (Å²) in [5.41, 5.74) is 0.522. The van der Waals surface area contributed by atoms with Crippen LogP contribution in [0, 0.1) is 0 Å². The lowest BCUT2D eigenvalue weighted by Crippen LogP contribution is -2.54. The van der Waals surface area contributed by atoms with E-state index in [1.54, 1.807) is 6.07 Å². The van der Waals surface area contributed by atoms with Gasteiger partial charge in [0.15, 0.2) is 11.5 Å². The fourth-order valence-electron chi connectivity index (χ4n) is 3.09. The van der Waals surface area contributed by atoms with Gasteiger partial charge >= 0.3 is 12.0 Å². The fraction of sp³-hybridized carbons (Fsp3) is 0.217. The molecule has 10 heteroatoms. The van der Waals surface area contributed by atoms with Gasteiger partial charge in [-0.2, -0.15) is 0 Å². The van der Waals surface area contributed by atoms with Crippen molar-refractivity contribution in [2.75, 3.05) is 25.7 Å². The van der Waals surface area contributed by atoms with Crippen molar-refractivity contribution in [2.45, 2.75) is 13.3 Å². The van der Waals surface area contributed by atoms with Gasteiger partial charge in [-0.25, -0.2) is 14.5 Å². The van der Waals surface area contributed by atoms with E-state index in [4.69, 9.17) is 21.1 Å². The van der Waals surface area contributed by atoms with Crippen molar-refractivity contribution in [3.05, 3.63) is 58.1 Å². The molecule has 0 unspecified atom stereocenters. The van der Waals surface area contributed by atoms with Crippen molar-refractivity contribution in [3.8, 4) is 11.5 Å². The molecule has 2 aromatic carbocycles. The van der Waals surface area contributed by atoms with Crippen molar-refractivity contribution in [1.82, 2.24) is 5.32 Å². The molecule has 1 heterocycles. The predicted octanol–water partition coefficient (Wildman–Crippen LogP) is 3.59. The maximum atomic E-state index is 13.1. The van der Waals surface area contributed by atoms with Gasteiger partial charge in [-0.1, -0.05) is 18.5 Å². The summed E-state index contributed by atoms with van der Waals surface area (Å²) in [7, 11) is 2.68. The first-order chi connectivity index (χ1) is 15.8. The van der Waals surface area contributed by atoms with Gasteiger partial charge in [0.05, 0.1) is 37.1 Å². The minimum atomic E-state index is -0.910. The Labute approximate surface area is 194 Å². The summed E-state index contributed by atoms with van der Waals surface area (Å²) in [6, 6.07) is 7.79. The molecule has 9 nitrogen and oxygen atoms in total. The predicted molar refractivity (Wildman–Crippen MR) is 121 cm³/mol. The molecule has 172 valence electrons. The second kappa shape index (κ2) is 10.2. The van der Waals surface area contributed by atoms with Crippen LogP contribution in [0.3, 0.4) is 0 Å². The largest absolute Gasteiger partial charge is 0.493 e. The number of nitrogens with one attached hydrogen (secondary N) is 1. The first-order valence-corrected chi connectivity index (χ1v) is 10.3. The average molecular weight is 473 g/mol. The first kappa shape index (κ1) is 23.8. The van der Waals surface area contributed by atoms with Crippen molar-refractivity contribution in [1.29, 1.82) is 0 Å². The van der Waals surface area contributed by atoms with Crippen molar-refractivity contribution >= 4 is 47.2 Å². The number of hydrogen-bond acceptors (Lipinski definition) is 7. The van der Waals surface area contributed by atoms with Crippen LogP contribution in [0.4, 0.5) is 10.5 Å². The molecule has 0 aromatic heterocycles. The minimum Gasteiger partial charge on any atom is -0.493 e. The molecule has 4 amide bonds. The molecule has 1 saturated heterocycles. The number of nitrogens with zero attached hydrogens (tertiary/aromatic N) is 1. The zero-order chi connectivity index (χ0) is 24.1. The number of benzene rings is 2. The number of carbonyl (C=O) groups excluding carboxylic acids is 4. The van der Waals surface area contributed by atoms with Crippen LogP contribution in [0.15, 0.2) is 42.0 Å². The number of amides is 4. The summed E-state index contributed by atoms with van der Waals surface area (Å²) in [5, 5.41) is 2.38. The van der Waals surface area contributed by atoms with Gasteiger partial charge in [-0.05, 0) is 54.5 Å². The number of imide groups is 2. The second-order valence-corrected chi connectivity index (χ2v) is 7.29. The number of methoxy groups -OCH3 is 2. The van der Waals surface area contributed by atoms with E-state index in [1.165, 1.54) is 50.6 Å². The molecule has 0 bridgehead atoms. The lowest BCUT2D eigenvalue weighted by molar-refractivity contribution is -0.122. The third-order valence-electron chi connectivity index (χ3n) is 4.66. The van der Waals surface area contributed by atoms with Crippen LogP contribution >= 0.6 is 11.6 Å². The summed E-state index contributed by atoms with van der Waals surface area (Å²) in [6.45, 7) is 2.38. The molecule has 1 aliphatic heterocycles. The molecular formula is C23H21ClN2O7. The smallest absolute Gasteiger partial charge is 0.337 e. The van der Waals surface area contributed by atoms with E-state index >= 15 is 0 Å². The monoisotopic (exact) mass is 472 g/mol. The second-order valence-electron chi connectivity index (χ2n) is 6.88. The van der Waals surface area contributed by atoms with E-state index in [0.717, 1.165) is 11.3 Å². The van der Waals surface area contributed by atoms with Gasteiger partial charge in [0.25, 0.3) is 11.8 Å². The van der Waals surface area contributed by atoms with Gasteiger partial charge in [0.2, 0.25) is 0 Å². The van der Waals surface area contributed by atoms with E-state index in [2.05, 4.69) is 10.1 Å². The standard InChI is InChI=1S/C23H21ClN2O7/c1-4-9-33-19-17(24)11-13(12-18(19)31-2)10-16-20(27)25-23(30)26(21(16)28)15-7-5-14(6-8-15)22(29)32-3/h5-8,10-12H,4,9H2,1-3H3,(H,25,27,30)/b16-10+. The molecule has 0 radical (unpaired) electrons. The van der Waals surface area contributed by atoms with Crippen LogP contribution in [0.2, 0.25) is 5.02 Å². The maximum Gasteiger partial charge on any atom is 0.337 e. The Bertz CT molecular complexity index is 1140. The van der Waals surface area contributed by atoms with E-state index < -0.39 is 23.8 Å². The van der Waals surface area contributed by atoms with Crippen LogP contribution in [0.1, 0.15) is 29.3 Å². The molecule has 33 heavy (non-hydrogen) atoms. The van der Waals surface area contributed by atoms with Crippen LogP contribution in [-0.4, -0.2) is 44.6 Å². The molecule has 3 rings (SSSR count). The average Bonchev–Trinajstić information content (AvgIpc) is 2.80. The number of halogens is 1. The molecular weight excluding hydrogens is 452 g/mol. The van der Waals surface area contributed by atoms with Crippen LogP contribution < -0.4 is 19.7 Å². The van der Waals surface area contributed by atoms with Crippen molar-refractivity contribution in [3.63, 3.8) is 0 Å². The Hall–Kier alpha value is -3.85. The molecule has 0 saturated carbocycles. The third-order valence-corrected chi connectivity index (χ3v) is 4.94. The fourth-order valence-corrected chi connectivity index (χ4v) is 3.36. The minimum absolute atomic E-state index is 0.169. The van der Waals surface area contributed by atoms with Gasteiger partial charge in [0, 0.05) is 0 Å². The lowest BCUT2D eigenvalue weighted by Gasteiger charge is -2.26. The number of esters is 1. The molecule has 0 aliphatic carbocycles. The number of rotatable bonds is 7. The summed E-state index contributed by atoms with van der Waals surface area (Å²) < 4.78 is 15.6. The molecule has 1 aliphatic rings. The van der Waals surface area contributed by atoms with E-state index in [0.29, 0.717) is 23.7 Å². The highest BCUT2D eigenvalue weighted by atomic mass is 35.5. The number of barbiturate groups is 1. The molecule has 0 spiro atoms. The number of urea groups is 1. The molecule has 0 atom stereocenters. The van der Waals surface area contributed by atoms with E-state index in [-0.39, 0.29) is 21.8 Å². The third kappa shape index (κ3) is 4.98. The Balaban J connectivity index is 1.97. The Morgan fingerprint density at radius 2 is 1.82 bits per heavy atom. The highest BCUT2D eigenvalue weighted by Gasteiger charge is 2.37. The van der Waals surface area contributed by atoms with Gasteiger partial charge in [0.1, 0.15) is 5.57 Å². The Morgan fingerprint density at radius 3 is 2.42 bits per heavy atom. The quantitative estimate of drug-likeness (QED) is 0.372. The summed E-state index contributed by atoms with van der Waals surface area (Å²) in [4.78, 5) is 50.3. The SMILES string of the molecule is CCCOc1c(Cl)cc(/C=C2\C(=O)NC(=O)N(c3ccc(C(=O)OC)cc3)C2=O)cc1OC. The summed E-state index contributed by atoms with van der Waals surface area (Å²) >= 11 is 6.32. The molecule has 1 fully saturated rings. The van der Waals surface area contributed by atoms with Crippen molar-refractivity contribution < 1.29 is 33.4 Å². The highest BCUT2D eigenvalue weighted by Crippen LogP contribution is 2.37. The van der Waals surface area contributed by atoms with Crippen LogP contribution in [0.5, 0.6) is 11.5 Å². The number of carbonyl (C=O) groups is 4. The Kier molecular flexibility index (Phi) is 7.34. The van der Waals surface area contributed by atoms with Crippen LogP contribution in [0.25, 0.3) is 6.08 Å². The topological polar surface area (TPSA) is 111 Å². The van der Waals surface area contributed by atoms with Crippen molar-refractivity contribution in [2.24, 2.45) is 0 Å². The normalized spacial score (nSPS) is 14.8. The van der Waals surface area contributed by atoms with E-state index in [9.17, 15) is 19.2 Å². The Morgan fingerprint density at radius 1 is 1.12 bits per heavy atom. The number of hydrogen-bond donors (Lipinski definition) is 1. The van der Waals surface area contributed by atoms with E-state index in [1.807, 2.05) is 6.92 Å². The zero-order valence-electron chi connectivity index (χ0n) is 18.1. The summed E-state index contributed by atoms with van der Waals surface area (Å²) in [6.07, 6.45) is 2.07. The van der Waals surface area contributed by atoms with Crippen LogP contribution in [-0.2, 0) is 14.3 Å². The summed E-state index contributed by atoms with van der Waals surface area (Å²) in [5.74, 6) is -1.57. The maximum absolute atomic E-state index is 13.1. The van der Waals surface area contributed by atoms with Gasteiger partial charge < -0.3 is 14.2 Å². The van der Waals surface area contributed by atoms with Gasteiger partial charge in [-0.3, -0.25) is 14.9 Å². The number of ether oxygens (including phenoxy) is 3. The molecule has 1 N–H and O–H groups in total. The van der Waals surface area contributed by atoms with Gasteiger partial charge in [-0.15, -0.1) is 0 Å². The lowest BCUT2D eigenvalue weighted by atomic mass is 10.1. The number of anilines is 1. The highest BCUT2D eigenvalue weighted by molar-refractivity contribution is 6.39.